The van der Waals surface area contributed by atoms with E-state index in [1.807, 2.05) is 0 Å². The van der Waals surface area contributed by atoms with E-state index in [2.05, 4.69) is 13.8 Å². The Kier molecular flexibility index (Phi) is 5.24. The largest absolute Gasteiger partial charge is 0.493 e. The van der Waals surface area contributed by atoms with Crippen molar-refractivity contribution in [1.29, 1.82) is 0 Å². The molecule has 1 aromatic rings. The Morgan fingerprint density at radius 1 is 1.29 bits per heavy atom. The van der Waals surface area contributed by atoms with Crippen LogP contribution in [0.1, 0.15) is 26.7 Å². The van der Waals surface area contributed by atoms with Crippen LogP contribution in [0.2, 0.25) is 0 Å². The molecule has 0 aliphatic heterocycles. The summed E-state index contributed by atoms with van der Waals surface area (Å²) in [6.07, 6.45) is 1.74. The summed E-state index contributed by atoms with van der Waals surface area (Å²) < 4.78 is 32.1. The molecule has 1 aromatic carbocycles. The molecule has 1 saturated carbocycles. The third kappa shape index (κ3) is 4.18. The van der Waals surface area contributed by atoms with E-state index >= 15 is 0 Å². The summed E-state index contributed by atoms with van der Waals surface area (Å²) in [5.41, 5.74) is 0. The van der Waals surface area contributed by atoms with Gasteiger partial charge in [0.05, 0.1) is 18.1 Å². The van der Waals surface area contributed by atoms with E-state index in [0.29, 0.717) is 18.3 Å². The van der Waals surface area contributed by atoms with Crippen molar-refractivity contribution in [3.8, 4) is 5.75 Å². The summed E-state index contributed by atoms with van der Waals surface area (Å²) in [6.45, 7) is 4.71. The zero-order valence-electron chi connectivity index (χ0n) is 12.5. The fourth-order valence-electron chi connectivity index (χ4n) is 2.07. The number of benzene rings is 1. The van der Waals surface area contributed by atoms with Crippen LogP contribution in [0, 0.1) is 5.92 Å². The molecule has 0 unspecified atom stereocenters. The van der Waals surface area contributed by atoms with E-state index in [0.717, 1.165) is 12.8 Å². The Labute approximate surface area is 126 Å². The highest BCUT2D eigenvalue weighted by molar-refractivity contribution is 7.89. The van der Waals surface area contributed by atoms with Crippen molar-refractivity contribution in [2.75, 3.05) is 19.8 Å². The average Bonchev–Trinajstić information content (AvgIpc) is 3.27. The van der Waals surface area contributed by atoms with Crippen LogP contribution in [0.15, 0.2) is 29.2 Å². The van der Waals surface area contributed by atoms with Crippen LogP contribution in [-0.2, 0) is 10.0 Å². The van der Waals surface area contributed by atoms with Crippen molar-refractivity contribution < 1.29 is 18.3 Å². The molecule has 0 saturated heterocycles. The summed E-state index contributed by atoms with van der Waals surface area (Å²) in [5.74, 6) is 1.09. The molecule has 6 heteroatoms. The van der Waals surface area contributed by atoms with Gasteiger partial charge in [-0.3, -0.25) is 0 Å². The van der Waals surface area contributed by atoms with Gasteiger partial charge < -0.3 is 9.84 Å². The smallest absolute Gasteiger partial charge is 0.243 e. The first kappa shape index (κ1) is 16.3. The van der Waals surface area contributed by atoms with E-state index in [1.165, 1.54) is 4.31 Å². The number of ether oxygens (including phenoxy) is 1. The van der Waals surface area contributed by atoms with Gasteiger partial charge in [-0.1, -0.05) is 13.8 Å². The van der Waals surface area contributed by atoms with Crippen molar-refractivity contribution in [3.05, 3.63) is 24.3 Å². The summed E-state index contributed by atoms with van der Waals surface area (Å²) in [4.78, 5) is 0.250. The molecule has 1 aliphatic rings. The zero-order chi connectivity index (χ0) is 15.5. The van der Waals surface area contributed by atoms with Crippen molar-refractivity contribution in [2.24, 2.45) is 5.92 Å². The molecule has 21 heavy (non-hydrogen) atoms. The minimum atomic E-state index is -3.53. The molecule has 2 rings (SSSR count). The number of aliphatic hydroxyl groups excluding tert-OH is 1. The van der Waals surface area contributed by atoms with Crippen LogP contribution in [0.5, 0.6) is 5.75 Å². The van der Waals surface area contributed by atoms with E-state index < -0.39 is 10.0 Å². The summed E-state index contributed by atoms with van der Waals surface area (Å²) in [6, 6.07) is 6.53. The lowest BCUT2D eigenvalue weighted by Crippen LogP contribution is -2.35. The maximum Gasteiger partial charge on any atom is 0.243 e. The quantitative estimate of drug-likeness (QED) is 0.795. The van der Waals surface area contributed by atoms with E-state index in [4.69, 9.17) is 9.84 Å². The van der Waals surface area contributed by atoms with Gasteiger partial charge in [0.25, 0.3) is 0 Å². The van der Waals surface area contributed by atoms with Gasteiger partial charge in [0.2, 0.25) is 10.0 Å². The van der Waals surface area contributed by atoms with Crippen LogP contribution in [0.3, 0.4) is 0 Å². The molecule has 0 spiro atoms. The van der Waals surface area contributed by atoms with Crippen molar-refractivity contribution in [2.45, 2.75) is 37.6 Å². The summed E-state index contributed by atoms with van der Waals surface area (Å²) in [5, 5.41) is 9.06. The van der Waals surface area contributed by atoms with Crippen LogP contribution < -0.4 is 4.74 Å². The molecule has 118 valence electrons. The standard InChI is InChI=1S/C15H23NO4S/c1-12(2)11-20-14-5-7-15(8-6-14)21(18,19)16(9-10-17)13-3-4-13/h5-8,12-13,17H,3-4,9-11H2,1-2H3. The minimum Gasteiger partial charge on any atom is -0.493 e. The number of nitrogens with zero attached hydrogens (tertiary/aromatic N) is 1. The van der Waals surface area contributed by atoms with E-state index in [9.17, 15) is 8.42 Å². The zero-order valence-corrected chi connectivity index (χ0v) is 13.3. The van der Waals surface area contributed by atoms with Crippen LogP contribution >= 0.6 is 0 Å². The molecule has 0 atom stereocenters. The second-order valence-corrected chi connectivity index (χ2v) is 7.64. The van der Waals surface area contributed by atoms with Gasteiger partial charge in [-0.25, -0.2) is 8.42 Å². The highest BCUT2D eigenvalue weighted by atomic mass is 32.2. The molecule has 0 aromatic heterocycles. The molecular formula is C15H23NO4S. The SMILES string of the molecule is CC(C)COc1ccc(S(=O)(=O)N(CCO)C2CC2)cc1. The Morgan fingerprint density at radius 3 is 2.38 bits per heavy atom. The number of sulfonamides is 1. The second-order valence-electron chi connectivity index (χ2n) is 5.75. The molecule has 1 fully saturated rings. The molecule has 0 heterocycles. The van der Waals surface area contributed by atoms with E-state index in [-0.39, 0.29) is 24.1 Å². The first-order valence-electron chi connectivity index (χ1n) is 7.30. The van der Waals surface area contributed by atoms with Gasteiger partial charge in [0.15, 0.2) is 0 Å². The molecule has 0 radical (unpaired) electrons. The van der Waals surface area contributed by atoms with Crippen LogP contribution in [0.25, 0.3) is 0 Å². The summed E-state index contributed by atoms with van der Waals surface area (Å²) >= 11 is 0. The lowest BCUT2D eigenvalue weighted by molar-refractivity contribution is 0.250. The first-order valence-corrected chi connectivity index (χ1v) is 8.74. The van der Waals surface area contributed by atoms with Gasteiger partial charge in [-0.15, -0.1) is 0 Å². The number of aliphatic hydroxyl groups is 1. The molecule has 1 N–H and O–H groups in total. The third-order valence-corrected chi connectivity index (χ3v) is 5.25. The van der Waals surface area contributed by atoms with Crippen molar-refractivity contribution >= 4 is 10.0 Å². The highest BCUT2D eigenvalue weighted by Gasteiger charge is 2.37. The Morgan fingerprint density at radius 2 is 1.90 bits per heavy atom. The molecule has 0 bridgehead atoms. The number of hydrogen-bond acceptors (Lipinski definition) is 4. The minimum absolute atomic E-state index is 0.0408. The van der Waals surface area contributed by atoms with Gasteiger partial charge in [0, 0.05) is 12.6 Å². The highest BCUT2D eigenvalue weighted by Crippen LogP contribution is 2.32. The summed E-state index contributed by atoms with van der Waals surface area (Å²) in [7, 11) is -3.53. The van der Waals surface area contributed by atoms with Gasteiger partial charge in [0.1, 0.15) is 5.75 Å². The van der Waals surface area contributed by atoms with E-state index in [1.54, 1.807) is 24.3 Å². The van der Waals surface area contributed by atoms with Gasteiger partial charge in [-0.2, -0.15) is 4.31 Å². The number of rotatable bonds is 8. The second kappa shape index (κ2) is 6.77. The topological polar surface area (TPSA) is 66.8 Å². The van der Waals surface area contributed by atoms with Crippen LogP contribution in [-0.4, -0.2) is 43.6 Å². The first-order chi connectivity index (χ1) is 9.95. The Hall–Kier alpha value is -1.11. The normalized spacial score (nSPS) is 15.7. The maximum atomic E-state index is 12.6. The predicted octanol–water partition coefficient (Wildman–Crippen LogP) is 1.87. The molecule has 5 nitrogen and oxygen atoms in total. The number of hydrogen-bond donors (Lipinski definition) is 1. The molecular weight excluding hydrogens is 290 g/mol. The van der Waals surface area contributed by atoms with Gasteiger partial charge in [-0.05, 0) is 43.0 Å². The third-order valence-electron chi connectivity index (χ3n) is 3.29. The molecule has 1 aliphatic carbocycles. The predicted molar refractivity (Wildman–Crippen MR) is 80.8 cm³/mol. The Bertz CT molecular complexity index is 550. The van der Waals surface area contributed by atoms with Crippen molar-refractivity contribution in [1.82, 2.24) is 4.31 Å². The fourth-order valence-corrected chi connectivity index (χ4v) is 3.74. The molecule has 0 amide bonds. The lowest BCUT2D eigenvalue weighted by atomic mass is 10.2. The van der Waals surface area contributed by atoms with Gasteiger partial charge >= 0.3 is 0 Å². The lowest BCUT2D eigenvalue weighted by Gasteiger charge is -2.21. The van der Waals surface area contributed by atoms with Crippen LogP contribution in [0.4, 0.5) is 0 Å². The van der Waals surface area contributed by atoms with Crippen molar-refractivity contribution in [3.63, 3.8) is 0 Å². The fraction of sp³-hybridized carbons (Fsp3) is 0.600. The average molecular weight is 313 g/mol. The monoisotopic (exact) mass is 313 g/mol. The maximum absolute atomic E-state index is 12.6. The Balaban J connectivity index is 2.12.